The average Bonchev–Trinajstić information content (AvgIpc) is 3.37. The first-order chi connectivity index (χ1) is 10.7. The van der Waals surface area contributed by atoms with E-state index in [4.69, 9.17) is 9.47 Å². The van der Waals surface area contributed by atoms with E-state index in [9.17, 15) is 9.90 Å². The van der Waals surface area contributed by atoms with Crippen molar-refractivity contribution < 1.29 is 19.4 Å². The quantitative estimate of drug-likeness (QED) is 0.847. The molecule has 2 aliphatic rings. The number of piperidine rings is 1. The van der Waals surface area contributed by atoms with Crippen molar-refractivity contribution in [3.63, 3.8) is 0 Å². The second-order valence-corrected chi connectivity index (χ2v) is 6.38. The molecule has 2 aliphatic heterocycles. The number of likely N-dealkylation sites (tertiary alicyclic amines) is 1. The molecule has 1 aromatic carbocycles. The molecule has 1 N–H and O–H groups in total. The topological polar surface area (TPSA) is 62.3 Å². The van der Waals surface area contributed by atoms with Gasteiger partial charge in [-0.3, -0.25) is 0 Å². The zero-order valence-electron chi connectivity index (χ0n) is 12.7. The van der Waals surface area contributed by atoms with E-state index in [0.717, 1.165) is 31.4 Å². The molecule has 5 heteroatoms. The SMILES string of the molecule is O=C(OCc1ccccc1)N1CCC[C@@](CO)(C[C@@H]2CO2)C1. The van der Waals surface area contributed by atoms with Crippen LogP contribution >= 0.6 is 0 Å². The Kier molecular flexibility index (Phi) is 4.64. The highest BCUT2D eigenvalue weighted by Crippen LogP contribution is 2.37. The predicted octanol–water partition coefficient (Wildman–Crippen LogP) is 2.19. The van der Waals surface area contributed by atoms with E-state index >= 15 is 0 Å². The molecule has 0 radical (unpaired) electrons. The van der Waals surface area contributed by atoms with Gasteiger partial charge in [-0.2, -0.15) is 0 Å². The van der Waals surface area contributed by atoms with Crippen LogP contribution < -0.4 is 0 Å². The molecular formula is C17H23NO4. The Labute approximate surface area is 130 Å². The minimum absolute atomic E-state index is 0.0926. The lowest BCUT2D eigenvalue weighted by Crippen LogP contribution is -2.48. The number of aliphatic hydroxyl groups is 1. The fraction of sp³-hybridized carbons (Fsp3) is 0.588. The molecule has 1 aromatic rings. The summed E-state index contributed by atoms with van der Waals surface area (Å²) in [5.41, 5.74) is 0.748. The summed E-state index contributed by atoms with van der Waals surface area (Å²) >= 11 is 0. The van der Waals surface area contributed by atoms with Crippen molar-refractivity contribution >= 4 is 6.09 Å². The van der Waals surface area contributed by atoms with E-state index < -0.39 is 0 Å². The van der Waals surface area contributed by atoms with E-state index in [0.29, 0.717) is 13.1 Å². The molecule has 120 valence electrons. The number of hydrogen-bond donors (Lipinski definition) is 1. The Balaban J connectivity index is 1.55. The van der Waals surface area contributed by atoms with Gasteiger partial charge in [-0.05, 0) is 24.8 Å². The van der Waals surface area contributed by atoms with Gasteiger partial charge in [0.2, 0.25) is 0 Å². The van der Waals surface area contributed by atoms with Crippen molar-refractivity contribution in [2.24, 2.45) is 5.41 Å². The number of benzene rings is 1. The second-order valence-electron chi connectivity index (χ2n) is 6.38. The highest BCUT2D eigenvalue weighted by molar-refractivity contribution is 5.67. The number of aliphatic hydroxyl groups excluding tert-OH is 1. The van der Waals surface area contributed by atoms with Gasteiger partial charge < -0.3 is 19.5 Å². The number of hydrogen-bond acceptors (Lipinski definition) is 4. The first-order valence-corrected chi connectivity index (χ1v) is 7.89. The van der Waals surface area contributed by atoms with Crippen molar-refractivity contribution in [2.75, 3.05) is 26.3 Å². The monoisotopic (exact) mass is 305 g/mol. The van der Waals surface area contributed by atoms with Crippen LogP contribution in [0.25, 0.3) is 0 Å². The van der Waals surface area contributed by atoms with Crippen LogP contribution in [0.1, 0.15) is 24.8 Å². The Morgan fingerprint density at radius 1 is 1.41 bits per heavy atom. The third-order valence-electron chi connectivity index (χ3n) is 4.52. The molecule has 0 aliphatic carbocycles. The number of epoxide rings is 1. The number of ether oxygens (including phenoxy) is 2. The van der Waals surface area contributed by atoms with Crippen LogP contribution in [0.3, 0.4) is 0 Å². The predicted molar refractivity (Wildman–Crippen MR) is 81.3 cm³/mol. The molecule has 1 amide bonds. The molecule has 5 nitrogen and oxygen atoms in total. The van der Waals surface area contributed by atoms with Gasteiger partial charge in [0.1, 0.15) is 6.61 Å². The van der Waals surface area contributed by atoms with E-state index in [1.807, 2.05) is 30.3 Å². The maximum absolute atomic E-state index is 12.3. The van der Waals surface area contributed by atoms with Gasteiger partial charge >= 0.3 is 6.09 Å². The van der Waals surface area contributed by atoms with Crippen LogP contribution in [0.15, 0.2) is 30.3 Å². The lowest BCUT2D eigenvalue weighted by molar-refractivity contribution is 0.0125. The minimum Gasteiger partial charge on any atom is -0.445 e. The smallest absolute Gasteiger partial charge is 0.410 e. The number of carbonyl (C=O) groups excluding carboxylic acids is 1. The van der Waals surface area contributed by atoms with E-state index in [-0.39, 0.29) is 30.8 Å². The van der Waals surface area contributed by atoms with E-state index in [2.05, 4.69) is 0 Å². The number of carbonyl (C=O) groups is 1. The molecule has 0 saturated carbocycles. The molecule has 2 fully saturated rings. The van der Waals surface area contributed by atoms with Gasteiger partial charge in [-0.25, -0.2) is 4.79 Å². The van der Waals surface area contributed by atoms with Crippen LogP contribution in [-0.4, -0.2) is 48.5 Å². The van der Waals surface area contributed by atoms with Gasteiger partial charge in [0, 0.05) is 18.5 Å². The summed E-state index contributed by atoms with van der Waals surface area (Å²) in [5, 5.41) is 9.79. The maximum atomic E-state index is 12.3. The van der Waals surface area contributed by atoms with Crippen LogP contribution in [0.2, 0.25) is 0 Å². The van der Waals surface area contributed by atoms with Gasteiger partial charge in [-0.1, -0.05) is 30.3 Å². The first-order valence-electron chi connectivity index (χ1n) is 7.89. The minimum atomic E-state index is -0.293. The molecule has 22 heavy (non-hydrogen) atoms. The van der Waals surface area contributed by atoms with Gasteiger partial charge in [-0.15, -0.1) is 0 Å². The molecule has 2 heterocycles. The highest BCUT2D eigenvalue weighted by atomic mass is 16.6. The van der Waals surface area contributed by atoms with Crippen molar-refractivity contribution in [3.8, 4) is 0 Å². The summed E-state index contributed by atoms with van der Waals surface area (Å²) in [7, 11) is 0. The standard InChI is InChI=1S/C17H23NO4/c19-13-17(9-15-11-21-15)7-4-8-18(12-17)16(20)22-10-14-5-2-1-3-6-14/h1-3,5-6,15,19H,4,7-13H2/t15-,17-/m1/s1. The van der Waals surface area contributed by atoms with Crippen LogP contribution in [0.5, 0.6) is 0 Å². The molecule has 3 rings (SSSR count). The van der Waals surface area contributed by atoms with Crippen LogP contribution in [0, 0.1) is 5.41 Å². The Hall–Kier alpha value is -1.59. The summed E-state index contributed by atoms with van der Waals surface area (Å²) in [4.78, 5) is 14.0. The zero-order valence-corrected chi connectivity index (χ0v) is 12.7. The normalized spacial score (nSPS) is 27.5. The molecule has 0 aromatic heterocycles. The highest BCUT2D eigenvalue weighted by Gasteiger charge is 2.42. The van der Waals surface area contributed by atoms with Crippen molar-refractivity contribution in [1.82, 2.24) is 4.90 Å². The Bertz CT molecular complexity index is 503. The average molecular weight is 305 g/mol. The lowest BCUT2D eigenvalue weighted by Gasteiger charge is -2.41. The van der Waals surface area contributed by atoms with Gasteiger partial charge in [0.05, 0.1) is 19.3 Å². The molecular weight excluding hydrogens is 282 g/mol. The maximum Gasteiger partial charge on any atom is 0.410 e. The van der Waals surface area contributed by atoms with Crippen LogP contribution in [-0.2, 0) is 16.1 Å². The largest absolute Gasteiger partial charge is 0.445 e. The zero-order chi connectivity index (χ0) is 15.4. The van der Waals surface area contributed by atoms with E-state index in [1.165, 1.54) is 0 Å². The van der Waals surface area contributed by atoms with Crippen LogP contribution in [0.4, 0.5) is 4.79 Å². The molecule has 0 spiro atoms. The summed E-state index contributed by atoms with van der Waals surface area (Å²) in [6, 6.07) is 9.66. The number of rotatable bonds is 5. The molecule has 0 bridgehead atoms. The van der Waals surface area contributed by atoms with Crippen molar-refractivity contribution in [3.05, 3.63) is 35.9 Å². The Morgan fingerprint density at radius 3 is 2.86 bits per heavy atom. The molecule has 2 saturated heterocycles. The third kappa shape index (κ3) is 3.78. The van der Waals surface area contributed by atoms with Gasteiger partial charge in [0.15, 0.2) is 0 Å². The summed E-state index contributed by atoms with van der Waals surface area (Å²) in [6.45, 7) is 2.40. The first kappa shape index (κ1) is 15.3. The number of amides is 1. The van der Waals surface area contributed by atoms with E-state index in [1.54, 1.807) is 4.90 Å². The molecule has 2 atom stereocenters. The second kappa shape index (κ2) is 6.67. The van der Waals surface area contributed by atoms with Crippen molar-refractivity contribution in [2.45, 2.75) is 32.0 Å². The number of nitrogens with zero attached hydrogens (tertiary/aromatic N) is 1. The fourth-order valence-corrected chi connectivity index (χ4v) is 3.20. The van der Waals surface area contributed by atoms with Crippen molar-refractivity contribution in [1.29, 1.82) is 0 Å². The third-order valence-corrected chi connectivity index (χ3v) is 4.52. The Morgan fingerprint density at radius 2 is 2.18 bits per heavy atom. The summed E-state index contributed by atoms with van der Waals surface area (Å²) < 4.78 is 10.7. The summed E-state index contributed by atoms with van der Waals surface area (Å²) in [6.07, 6.45) is 2.62. The van der Waals surface area contributed by atoms with Gasteiger partial charge in [0.25, 0.3) is 0 Å². The summed E-state index contributed by atoms with van der Waals surface area (Å²) in [5.74, 6) is 0. The fourth-order valence-electron chi connectivity index (χ4n) is 3.20. The lowest BCUT2D eigenvalue weighted by atomic mass is 9.77. The molecule has 0 unspecified atom stereocenters.